The number of methoxy groups -OCH3 is 1. The Bertz CT molecular complexity index is 470. The van der Waals surface area contributed by atoms with Crippen molar-refractivity contribution in [3.63, 3.8) is 0 Å². The summed E-state index contributed by atoms with van der Waals surface area (Å²) >= 11 is 0. The second-order valence-corrected chi connectivity index (χ2v) is 7.30. The van der Waals surface area contributed by atoms with E-state index in [1.807, 2.05) is 6.07 Å². The minimum absolute atomic E-state index is 0.352. The summed E-state index contributed by atoms with van der Waals surface area (Å²) in [7, 11) is 6.01. The molecule has 0 saturated carbocycles. The zero-order valence-electron chi connectivity index (χ0n) is 15.8. The Labute approximate surface area is 148 Å². The van der Waals surface area contributed by atoms with Gasteiger partial charge in [0.2, 0.25) is 0 Å². The van der Waals surface area contributed by atoms with Crippen LogP contribution in [0.15, 0.2) is 24.3 Å². The fraction of sp³-hybridized carbons (Fsp3) is 0.700. The molecule has 0 bridgehead atoms. The van der Waals surface area contributed by atoms with Crippen LogP contribution in [0.2, 0.25) is 0 Å². The number of nitrogens with one attached hydrogen (secondary N) is 2. The highest BCUT2D eigenvalue weighted by Crippen LogP contribution is 2.22. The summed E-state index contributed by atoms with van der Waals surface area (Å²) in [5.41, 5.74) is 1.30. The maximum atomic E-state index is 5.38. The number of likely N-dealkylation sites (N-methyl/N-ethyl adjacent to an activating group) is 1. The number of benzene rings is 1. The van der Waals surface area contributed by atoms with Crippen LogP contribution in [0.5, 0.6) is 5.75 Å². The van der Waals surface area contributed by atoms with Crippen molar-refractivity contribution in [1.82, 2.24) is 15.5 Å². The molecular weight excluding hydrogens is 298 g/mol. The molecular formula is C20H35N3O. The summed E-state index contributed by atoms with van der Waals surface area (Å²) in [5.74, 6) is 0.926. The highest BCUT2D eigenvalue weighted by Gasteiger charge is 2.18. The average molecular weight is 334 g/mol. The minimum atomic E-state index is 0.352. The molecule has 1 aromatic carbocycles. The molecule has 0 radical (unpaired) electrons. The van der Waals surface area contributed by atoms with Gasteiger partial charge in [-0.25, -0.2) is 0 Å². The Morgan fingerprint density at radius 3 is 2.88 bits per heavy atom. The largest absolute Gasteiger partial charge is 0.497 e. The molecule has 4 nitrogen and oxygen atoms in total. The fourth-order valence-electron chi connectivity index (χ4n) is 3.57. The lowest BCUT2D eigenvalue weighted by molar-refractivity contribution is 0.274. The first-order valence-corrected chi connectivity index (χ1v) is 9.37. The molecule has 2 rings (SSSR count). The second kappa shape index (κ2) is 10.0. The first-order chi connectivity index (χ1) is 11.6. The SMILES string of the molecule is COc1cccc(C(CNC(C)CC2CCCCCN2)N(C)C)c1. The Morgan fingerprint density at radius 1 is 1.29 bits per heavy atom. The summed E-state index contributed by atoms with van der Waals surface area (Å²) in [5, 5.41) is 7.45. The van der Waals surface area contributed by atoms with Gasteiger partial charge in [-0.2, -0.15) is 0 Å². The summed E-state index contributed by atoms with van der Waals surface area (Å²) < 4.78 is 5.38. The summed E-state index contributed by atoms with van der Waals surface area (Å²) in [6, 6.07) is 9.95. The summed E-state index contributed by atoms with van der Waals surface area (Å²) in [4.78, 5) is 2.28. The molecule has 3 atom stereocenters. The van der Waals surface area contributed by atoms with E-state index in [1.54, 1.807) is 7.11 Å². The molecule has 1 saturated heterocycles. The van der Waals surface area contributed by atoms with Gasteiger partial charge in [-0.15, -0.1) is 0 Å². The van der Waals surface area contributed by atoms with E-state index in [0.717, 1.165) is 12.3 Å². The Kier molecular flexibility index (Phi) is 8.03. The van der Waals surface area contributed by atoms with Crippen molar-refractivity contribution < 1.29 is 4.74 Å². The highest BCUT2D eigenvalue weighted by atomic mass is 16.5. The third-order valence-electron chi connectivity index (χ3n) is 5.06. The normalized spacial score (nSPS) is 21.3. The van der Waals surface area contributed by atoms with E-state index in [2.05, 4.69) is 54.8 Å². The van der Waals surface area contributed by atoms with E-state index in [4.69, 9.17) is 4.74 Å². The number of hydrogen-bond acceptors (Lipinski definition) is 4. The first kappa shape index (κ1) is 19.2. The third kappa shape index (κ3) is 6.08. The smallest absolute Gasteiger partial charge is 0.119 e. The van der Waals surface area contributed by atoms with Crippen molar-refractivity contribution in [2.75, 3.05) is 34.3 Å². The van der Waals surface area contributed by atoms with Gasteiger partial charge in [0.05, 0.1) is 7.11 Å². The van der Waals surface area contributed by atoms with Gasteiger partial charge in [-0.05, 0) is 64.5 Å². The quantitative estimate of drug-likeness (QED) is 0.766. The van der Waals surface area contributed by atoms with Crippen LogP contribution in [0.3, 0.4) is 0 Å². The van der Waals surface area contributed by atoms with Gasteiger partial charge >= 0.3 is 0 Å². The van der Waals surface area contributed by atoms with Crippen molar-refractivity contribution in [1.29, 1.82) is 0 Å². The lowest BCUT2D eigenvalue weighted by atomic mass is 10.0. The van der Waals surface area contributed by atoms with Gasteiger partial charge in [-0.1, -0.05) is 25.0 Å². The predicted octanol–water partition coefficient (Wildman–Crippen LogP) is 3.20. The van der Waals surface area contributed by atoms with E-state index >= 15 is 0 Å². The average Bonchev–Trinajstić information content (AvgIpc) is 2.83. The Hall–Kier alpha value is -1.10. The highest BCUT2D eigenvalue weighted by molar-refractivity contribution is 5.30. The monoisotopic (exact) mass is 333 g/mol. The van der Waals surface area contributed by atoms with E-state index < -0.39 is 0 Å². The Balaban J connectivity index is 1.88. The van der Waals surface area contributed by atoms with Crippen molar-refractivity contribution in [2.45, 2.75) is 57.2 Å². The summed E-state index contributed by atoms with van der Waals surface area (Å²) in [6.45, 7) is 4.44. The predicted molar refractivity (Wildman–Crippen MR) is 102 cm³/mol. The standard InChI is InChI=1S/C20H35N3O/c1-16(13-18-10-6-5-7-12-21-18)22-15-20(23(2)3)17-9-8-11-19(14-17)24-4/h8-9,11,14,16,18,20-22H,5-7,10,12-13,15H2,1-4H3. The number of hydrogen-bond donors (Lipinski definition) is 2. The molecule has 4 heteroatoms. The lowest BCUT2D eigenvalue weighted by Gasteiger charge is -2.28. The minimum Gasteiger partial charge on any atom is -0.497 e. The maximum absolute atomic E-state index is 5.38. The number of nitrogens with zero attached hydrogens (tertiary/aromatic N) is 1. The molecule has 1 aromatic rings. The van der Waals surface area contributed by atoms with Crippen molar-refractivity contribution in [3.05, 3.63) is 29.8 Å². The van der Waals surface area contributed by atoms with E-state index in [-0.39, 0.29) is 0 Å². The van der Waals surface area contributed by atoms with Crippen molar-refractivity contribution in [3.8, 4) is 5.75 Å². The van der Waals surface area contributed by atoms with Gasteiger partial charge < -0.3 is 20.3 Å². The van der Waals surface area contributed by atoms with Crippen molar-refractivity contribution >= 4 is 0 Å². The lowest BCUT2D eigenvalue weighted by Crippen LogP contribution is -2.40. The molecule has 1 aliphatic rings. The van der Waals surface area contributed by atoms with Crippen LogP contribution in [-0.4, -0.2) is 51.3 Å². The van der Waals surface area contributed by atoms with Crippen LogP contribution in [0.25, 0.3) is 0 Å². The second-order valence-electron chi connectivity index (χ2n) is 7.30. The van der Waals surface area contributed by atoms with Crippen LogP contribution in [0.4, 0.5) is 0 Å². The molecule has 0 amide bonds. The zero-order chi connectivity index (χ0) is 17.4. The third-order valence-corrected chi connectivity index (χ3v) is 5.06. The molecule has 0 aromatic heterocycles. The molecule has 0 aliphatic carbocycles. The molecule has 1 heterocycles. The fourth-order valence-corrected chi connectivity index (χ4v) is 3.57. The number of rotatable bonds is 8. The van der Waals surface area contributed by atoms with Gasteiger partial charge in [0.1, 0.15) is 5.75 Å². The van der Waals surface area contributed by atoms with Crippen LogP contribution < -0.4 is 15.4 Å². The first-order valence-electron chi connectivity index (χ1n) is 9.37. The summed E-state index contributed by atoms with van der Waals surface area (Å²) in [6.07, 6.45) is 6.60. The molecule has 1 aliphatic heterocycles. The molecule has 136 valence electrons. The van der Waals surface area contributed by atoms with Gasteiger partial charge in [0.15, 0.2) is 0 Å². The van der Waals surface area contributed by atoms with Crippen LogP contribution >= 0.6 is 0 Å². The molecule has 2 N–H and O–H groups in total. The molecule has 3 unspecified atom stereocenters. The molecule has 24 heavy (non-hydrogen) atoms. The zero-order valence-corrected chi connectivity index (χ0v) is 15.8. The van der Waals surface area contributed by atoms with E-state index in [0.29, 0.717) is 18.1 Å². The van der Waals surface area contributed by atoms with E-state index in [1.165, 1.54) is 44.2 Å². The topological polar surface area (TPSA) is 36.5 Å². The van der Waals surface area contributed by atoms with Crippen molar-refractivity contribution in [2.24, 2.45) is 0 Å². The van der Waals surface area contributed by atoms with Crippen LogP contribution in [-0.2, 0) is 0 Å². The molecule has 1 fully saturated rings. The van der Waals surface area contributed by atoms with Crippen LogP contribution in [0, 0.1) is 0 Å². The maximum Gasteiger partial charge on any atom is 0.119 e. The van der Waals surface area contributed by atoms with Crippen LogP contribution in [0.1, 0.15) is 50.6 Å². The van der Waals surface area contributed by atoms with E-state index in [9.17, 15) is 0 Å². The van der Waals surface area contributed by atoms with Gasteiger partial charge in [0, 0.05) is 24.7 Å². The Morgan fingerprint density at radius 2 is 2.12 bits per heavy atom. The van der Waals surface area contributed by atoms with Gasteiger partial charge in [-0.3, -0.25) is 0 Å². The molecule has 0 spiro atoms. The number of ether oxygens (including phenoxy) is 1. The van der Waals surface area contributed by atoms with Gasteiger partial charge in [0.25, 0.3) is 0 Å².